The maximum absolute atomic E-state index is 12.0. The molecule has 1 aromatic carbocycles. The van der Waals surface area contributed by atoms with Gasteiger partial charge in [0.25, 0.3) is 0 Å². The SMILES string of the molecule is CCCC1(C(=O)O)CCCN1c1ccccc1S(C)(=O)=O. The van der Waals surface area contributed by atoms with E-state index >= 15 is 0 Å². The van der Waals surface area contributed by atoms with Crippen LogP contribution < -0.4 is 4.90 Å². The van der Waals surface area contributed by atoms with Crippen molar-refractivity contribution >= 4 is 21.5 Å². The molecule has 1 atom stereocenters. The molecule has 1 heterocycles. The summed E-state index contributed by atoms with van der Waals surface area (Å²) in [7, 11) is -3.40. The summed E-state index contributed by atoms with van der Waals surface area (Å²) in [6.45, 7) is 2.52. The fraction of sp³-hybridized carbons (Fsp3) is 0.533. The maximum Gasteiger partial charge on any atom is 0.329 e. The van der Waals surface area contributed by atoms with E-state index in [9.17, 15) is 18.3 Å². The predicted molar refractivity (Wildman–Crippen MR) is 81.4 cm³/mol. The molecule has 1 saturated heterocycles. The summed E-state index contributed by atoms with van der Waals surface area (Å²) in [5, 5.41) is 9.73. The van der Waals surface area contributed by atoms with Crippen molar-refractivity contribution in [1.82, 2.24) is 0 Å². The van der Waals surface area contributed by atoms with Crippen LogP contribution in [0.3, 0.4) is 0 Å². The number of sulfone groups is 1. The third-order valence-electron chi connectivity index (χ3n) is 4.11. The lowest BCUT2D eigenvalue weighted by atomic mass is 9.90. The van der Waals surface area contributed by atoms with Gasteiger partial charge in [-0.1, -0.05) is 25.5 Å². The monoisotopic (exact) mass is 311 g/mol. The van der Waals surface area contributed by atoms with Crippen LogP contribution in [0.1, 0.15) is 32.6 Å². The van der Waals surface area contributed by atoms with Crippen LogP contribution in [0, 0.1) is 0 Å². The summed E-state index contributed by atoms with van der Waals surface area (Å²) >= 11 is 0. The molecule has 1 aliphatic rings. The van der Waals surface area contributed by atoms with E-state index in [0.717, 1.165) is 19.1 Å². The van der Waals surface area contributed by atoms with Crippen LogP contribution in [0.25, 0.3) is 0 Å². The average Bonchev–Trinajstić information content (AvgIpc) is 2.83. The van der Waals surface area contributed by atoms with Gasteiger partial charge in [0.15, 0.2) is 9.84 Å². The zero-order valence-electron chi connectivity index (χ0n) is 12.4. The minimum atomic E-state index is -3.40. The molecule has 5 nitrogen and oxygen atoms in total. The molecule has 0 saturated carbocycles. The fourth-order valence-corrected chi connectivity index (χ4v) is 4.11. The van der Waals surface area contributed by atoms with Gasteiger partial charge in [0, 0.05) is 12.8 Å². The number of hydrogen-bond donors (Lipinski definition) is 1. The van der Waals surface area contributed by atoms with E-state index in [4.69, 9.17) is 0 Å². The molecule has 0 radical (unpaired) electrons. The Morgan fingerprint density at radius 3 is 2.62 bits per heavy atom. The maximum atomic E-state index is 12.0. The van der Waals surface area contributed by atoms with Crippen LogP contribution in [0.5, 0.6) is 0 Å². The molecule has 0 spiro atoms. The Labute approximate surface area is 125 Å². The summed E-state index contributed by atoms with van der Waals surface area (Å²) in [4.78, 5) is 13.8. The molecule has 0 aromatic heterocycles. The van der Waals surface area contributed by atoms with Gasteiger partial charge in [0.2, 0.25) is 0 Å². The molecular weight excluding hydrogens is 290 g/mol. The second-order valence-electron chi connectivity index (χ2n) is 5.58. The van der Waals surface area contributed by atoms with Gasteiger partial charge in [-0.3, -0.25) is 0 Å². The van der Waals surface area contributed by atoms with Crippen molar-refractivity contribution in [1.29, 1.82) is 0 Å². The summed E-state index contributed by atoms with van der Waals surface area (Å²) in [5.74, 6) is -0.870. The first-order chi connectivity index (χ1) is 9.83. The second kappa shape index (κ2) is 5.67. The second-order valence-corrected chi connectivity index (χ2v) is 7.57. The van der Waals surface area contributed by atoms with Crippen molar-refractivity contribution in [3.63, 3.8) is 0 Å². The van der Waals surface area contributed by atoms with E-state index in [-0.39, 0.29) is 4.90 Å². The van der Waals surface area contributed by atoms with Gasteiger partial charge in [0.1, 0.15) is 5.54 Å². The Bertz CT molecular complexity index is 641. The lowest BCUT2D eigenvalue weighted by Crippen LogP contribution is -2.51. The zero-order valence-corrected chi connectivity index (χ0v) is 13.2. The standard InChI is InChI=1S/C15H21NO4S/c1-3-9-15(14(17)18)10-6-11-16(15)12-7-4-5-8-13(12)21(2,19)20/h4-5,7-8H,3,6,9-11H2,1-2H3,(H,17,18). The van der Waals surface area contributed by atoms with E-state index in [1.807, 2.05) is 6.92 Å². The predicted octanol–water partition coefficient (Wildman–Crippen LogP) is 2.31. The number of para-hydroxylation sites is 1. The van der Waals surface area contributed by atoms with Crippen LogP contribution >= 0.6 is 0 Å². The number of carboxylic acid groups (broad SMARTS) is 1. The third-order valence-corrected chi connectivity index (χ3v) is 5.25. The smallest absolute Gasteiger partial charge is 0.329 e. The molecule has 1 N–H and O–H groups in total. The van der Waals surface area contributed by atoms with E-state index in [0.29, 0.717) is 25.1 Å². The molecule has 0 amide bonds. The lowest BCUT2D eigenvalue weighted by Gasteiger charge is -2.37. The zero-order chi connectivity index (χ0) is 15.7. The van der Waals surface area contributed by atoms with Crippen LogP contribution in [0.2, 0.25) is 0 Å². The van der Waals surface area contributed by atoms with Crippen molar-refractivity contribution in [3.05, 3.63) is 24.3 Å². The average molecular weight is 311 g/mol. The number of anilines is 1. The molecule has 1 unspecified atom stereocenters. The topological polar surface area (TPSA) is 74.7 Å². The molecule has 2 rings (SSSR count). The van der Waals surface area contributed by atoms with Gasteiger partial charge >= 0.3 is 5.97 Å². The van der Waals surface area contributed by atoms with Crippen LogP contribution in [-0.4, -0.2) is 37.8 Å². The highest BCUT2D eigenvalue weighted by Gasteiger charge is 2.47. The van der Waals surface area contributed by atoms with Crippen molar-refractivity contribution in [2.45, 2.75) is 43.0 Å². The first-order valence-electron chi connectivity index (χ1n) is 7.13. The molecule has 1 aliphatic heterocycles. The van der Waals surface area contributed by atoms with Crippen LogP contribution in [0.15, 0.2) is 29.2 Å². The normalized spacial score (nSPS) is 22.5. The van der Waals surface area contributed by atoms with Crippen molar-refractivity contribution in [2.24, 2.45) is 0 Å². The van der Waals surface area contributed by atoms with Gasteiger partial charge < -0.3 is 10.0 Å². The van der Waals surface area contributed by atoms with E-state index < -0.39 is 21.3 Å². The number of carboxylic acids is 1. The largest absolute Gasteiger partial charge is 0.479 e. The number of benzene rings is 1. The molecule has 6 heteroatoms. The molecule has 1 aromatic rings. The number of aliphatic carboxylic acids is 1. The highest BCUT2D eigenvalue weighted by molar-refractivity contribution is 7.90. The summed E-state index contributed by atoms with van der Waals surface area (Å²) < 4.78 is 24.0. The molecule has 116 valence electrons. The Kier molecular flexibility index (Phi) is 4.27. The molecule has 0 aliphatic carbocycles. The quantitative estimate of drug-likeness (QED) is 0.903. The molecule has 1 fully saturated rings. The van der Waals surface area contributed by atoms with E-state index in [2.05, 4.69) is 0 Å². The highest BCUT2D eigenvalue weighted by atomic mass is 32.2. The van der Waals surface area contributed by atoms with Crippen molar-refractivity contribution in [3.8, 4) is 0 Å². The van der Waals surface area contributed by atoms with Crippen LogP contribution in [-0.2, 0) is 14.6 Å². The van der Waals surface area contributed by atoms with E-state index in [1.54, 1.807) is 29.2 Å². The summed E-state index contributed by atoms with van der Waals surface area (Å²) in [6.07, 6.45) is 3.72. The number of nitrogens with zero attached hydrogens (tertiary/aromatic N) is 1. The van der Waals surface area contributed by atoms with Gasteiger partial charge in [-0.05, 0) is 31.4 Å². The number of hydrogen-bond acceptors (Lipinski definition) is 4. The van der Waals surface area contributed by atoms with Gasteiger partial charge in [-0.25, -0.2) is 13.2 Å². The minimum Gasteiger partial charge on any atom is -0.479 e. The van der Waals surface area contributed by atoms with Crippen molar-refractivity contribution in [2.75, 3.05) is 17.7 Å². The number of carbonyl (C=O) groups is 1. The molecular formula is C15H21NO4S. The first kappa shape index (κ1) is 15.8. The first-order valence-corrected chi connectivity index (χ1v) is 9.02. The fourth-order valence-electron chi connectivity index (χ4n) is 3.23. The molecule has 21 heavy (non-hydrogen) atoms. The minimum absolute atomic E-state index is 0.202. The molecule has 0 bridgehead atoms. The third kappa shape index (κ3) is 2.77. The van der Waals surface area contributed by atoms with E-state index in [1.165, 1.54) is 0 Å². The Morgan fingerprint density at radius 1 is 1.38 bits per heavy atom. The van der Waals surface area contributed by atoms with Crippen molar-refractivity contribution < 1.29 is 18.3 Å². The Morgan fingerprint density at radius 2 is 2.05 bits per heavy atom. The number of rotatable bonds is 5. The Hall–Kier alpha value is -1.56. The summed E-state index contributed by atoms with van der Waals surface area (Å²) in [5.41, 5.74) is -0.483. The van der Waals surface area contributed by atoms with Gasteiger partial charge in [-0.15, -0.1) is 0 Å². The Balaban J connectivity index is 2.58. The highest BCUT2D eigenvalue weighted by Crippen LogP contribution is 2.40. The van der Waals surface area contributed by atoms with Gasteiger partial charge in [-0.2, -0.15) is 0 Å². The summed E-state index contributed by atoms with van der Waals surface area (Å²) in [6, 6.07) is 6.66. The van der Waals surface area contributed by atoms with Crippen LogP contribution in [0.4, 0.5) is 5.69 Å². The lowest BCUT2D eigenvalue weighted by molar-refractivity contribution is -0.143. The van der Waals surface area contributed by atoms with Gasteiger partial charge in [0.05, 0.1) is 10.6 Å².